The van der Waals surface area contributed by atoms with Crippen LogP contribution >= 0.6 is 15.9 Å². The number of aromatic nitrogens is 1. The minimum atomic E-state index is -0.529. The number of ether oxygens (including phenoxy) is 1. The number of benzene rings is 2. The van der Waals surface area contributed by atoms with Crippen molar-refractivity contribution in [1.29, 1.82) is 0 Å². The first kappa shape index (κ1) is 21.4. The molecule has 0 aliphatic carbocycles. The molecule has 0 radical (unpaired) electrons. The van der Waals surface area contributed by atoms with Crippen molar-refractivity contribution in [2.45, 2.75) is 45.1 Å². The Morgan fingerprint density at radius 1 is 1.10 bits per heavy atom. The van der Waals surface area contributed by atoms with Crippen LogP contribution in [-0.2, 0) is 17.6 Å². The van der Waals surface area contributed by atoms with Gasteiger partial charge in [-0.3, -0.25) is 9.98 Å². The molecule has 4 rings (SSSR count). The van der Waals surface area contributed by atoms with Crippen molar-refractivity contribution in [3.05, 3.63) is 93.7 Å². The minimum Gasteiger partial charge on any atom is -0.456 e. The standard InChI is InChI=1S/C26H25BrN2O2/c1-26(2,3)31-25(30)19-10-9-18-14-24(29-23(18)15-19)21(13-17-7-5-4-6-8-17)22-12-11-20(27)16-28-22/h4-12,15-16,21H,13-14H2,1-3H3. The van der Waals surface area contributed by atoms with Gasteiger partial charge in [0.2, 0.25) is 0 Å². The molecule has 4 nitrogen and oxygen atoms in total. The van der Waals surface area contributed by atoms with Gasteiger partial charge in [0, 0.05) is 34.4 Å². The summed E-state index contributed by atoms with van der Waals surface area (Å²) in [6, 6.07) is 20.1. The Hall–Kier alpha value is -2.79. The van der Waals surface area contributed by atoms with Crippen LogP contribution in [0.25, 0.3) is 0 Å². The number of hydrogen-bond donors (Lipinski definition) is 0. The predicted octanol–water partition coefficient (Wildman–Crippen LogP) is 6.45. The Labute approximate surface area is 191 Å². The summed E-state index contributed by atoms with van der Waals surface area (Å²) in [5, 5.41) is 0. The lowest BCUT2D eigenvalue weighted by atomic mass is 9.89. The van der Waals surface area contributed by atoms with E-state index in [1.54, 1.807) is 0 Å². The van der Waals surface area contributed by atoms with Crippen LogP contribution in [0.15, 0.2) is 76.3 Å². The largest absolute Gasteiger partial charge is 0.456 e. The average Bonchev–Trinajstić information content (AvgIpc) is 3.15. The fourth-order valence-electron chi connectivity index (χ4n) is 3.71. The Morgan fingerprint density at radius 2 is 1.87 bits per heavy atom. The topological polar surface area (TPSA) is 51.5 Å². The van der Waals surface area contributed by atoms with Crippen LogP contribution in [0.4, 0.5) is 5.69 Å². The van der Waals surface area contributed by atoms with E-state index in [9.17, 15) is 4.79 Å². The zero-order valence-electron chi connectivity index (χ0n) is 17.9. The molecule has 0 amide bonds. The monoisotopic (exact) mass is 476 g/mol. The van der Waals surface area contributed by atoms with Crippen molar-refractivity contribution in [2.24, 2.45) is 4.99 Å². The summed E-state index contributed by atoms with van der Waals surface area (Å²) in [6.07, 6.45) is 3.40. The number of aliphatic imine (C=N–C) groups is 1. The molecule has 1 aromatic heterocycles. The van der Waals surface area contributed by atoms with Crippen molar-refractivity contribution in [3.63, 3.8) is 0 Å². The molecule has 2 aromatic carbocycles. The van der Waals surface area contributed by atoms with Crippen molar-refractivity contribution in [3.8, 4) is 0 Å². The van der Waals surface area contributed by atoms with Crippen LogP contribution in [0.1, 0.15) is 53.9 Å². The quantitative estimate of drug-likeness (QED) is 0.397. The second-order valence-corrected chi connectivity index (χ2v) is 9.68. The molecule has 0 N–H and O–H groups in total. The van der Waals surface area contributed by atoms with E-state index in [0.717, 1.165) is 40.0 Å². The molecule has 0 fully saturated rings. The van der Waals surface area contributed by atoms with Gasteiger partial charge >= 0.3 is 5.97 Å². The number of nitrogens with zero attached hydrogens (tertiary/aromatic N) is 2. The molecule has 31 heavy (non-hydrogen) atoms. The fourth-order valence-corrected chi connectivity index (χ4v) is 3.94. The van der Waals surface area contributed by atoms with E-state index in [0.29, 0.717) is 5.56 Å². The smallest absolute Gasteiger partial charge is 0.338 e. The Balaban J connectivity index is 1.65. The van der Waals surface area contributed by atoms with Gasteiger partial charge in [0.1, 0.15) is 5.60 Å². The maximum atomic E-state index is 12.5. The summed E-state index contributed by atoms with van der Waals surface area (Å²) >= 11 is 3.47. The van der Waals surface area contributed by atoms with Gasteiger partial charge in [-0.25, -0.2) is 4.79 Å². The third kappa shape index (κ3) is 5.28. The van der Waals surface area contributed by atoms with Crippen molar-refractivity contribution in [2.75, 3.05) is 0 Å². The lowest BCUT2D eigenvalue weighted by Gasteiger charge is -2.19. The van der Waals surface area contributed by atoms with Crippen molar-refractivity contribution < 1.29 is 9.53 Å². The van der Waals surface area contributed by atoms with Crippen LogP contribution in [0.3, 0.4) is 0 Å². The maximum Gasteiger partial charge on any atom is 0.338 e. The fraction of sp³-hybridized carbons (Fsp3) is 0.269. The van der Waals surface area contributed by atoms with Gasteiger partial charge in [0.15, 0.2) is 0 Å². The number of halogens is 1. The highest BCUT2D eigenvalue weighted by Gasteiger charge is 2.27. The van der Waals surface area contributed by atoms with E-state index < -0.39 is 5.60 Å². The van der Waals surface area contributed by atoms with Crippen LogP contribution < -0.4 is 0 Å². The summed E-state index contributed by atoms with van der Waals surface area (Å²) in [4.78, 5) is 22.1. The molecule has 3 aromatic rings. The number of carbonyl (C=O) groups is 1. The van der Waals surface area contributed by atoms with Crippen molar-refractivity contribution in [1.82, 2.24) is 4.98 Å². The van der Waals surface area contributed by atoms with Crippen molar-refractivity contribution >= 4 is 33.3 Å². The van der Waals surface area contributed by atoms with E-state index in [-0.39, 0.29) is 11.9 Å². The molecule has 1 atom stereocenters. The molecular formula is C26H25BrN2O2. The van der Waals surface area contributed by atoms with Gasteiger partial charge in [-0.15, -0.1) is 0 Å². The zero-order valence-corrected chi connectivity index (χ0v) is 19.5. The predicted molar refractivity (Wildman–Crippen MR) is 127 cm³/mol. The van der Waals surface area contributed by atoms with E-state index in [1.807, 2.05) is 57.3 Å². The van der Waals surface area contributed by atoms with E-state index in [1.165, 1.54) is 5.56 Å². The normalized spacial score (nSPS) is 14.0. The average molecular weight is 477 g/mol. The third-order valence-corrected chi connectivity index (χ3v) is 5.62. The summed E-state index contributed by atoms with van der Waals surface area (Å²) in [7, 11) is 0. The summed E-state index contributed by atoms with van der Waals surface area (Å²) in [5.74, 6) is -0.262. The van der Waals surface area contributed by atoms with Crippen LogP contribution in [-0.4, -0.2) is 22.3 Å². The van der Waals surface area contributed by atoms with Crippen LogP contribution in [0.2, 0.25) is 0 Å². The van der Waals surface area contributed by atoms with Gasteiger partial charge in [0.25, 0.3) is 0 Å². The molecule has 0 bridgehead atoms. The first-order valence-electron chi connectivity index (χ1n) is 10.4. The molecule has 0 saturated heterocycles. The number of carbonyl (C=O) groups excluding carboxylic acids is 1. The number of esters is 1. The summed E-state index contributed by atoms with van der Waals surface area (Å²) < 4.78 is 6.47. The van der Waals surface area contributed by atoms with Gasteiger partial charge in [-0.1, -0.05) is 36.4 Å². The molecule has 158 valence electrons. The number of rotatable bonds is 5. The second-order valence-electron chi connectivity index (χ2n) is 8.77. The maximum absolute atomic E-state index is 12.5. The van der Waals surface area contributed by atoms with Gasteiger partial charge < -0.3 is 4.74 Å². The Kier molecular flexibility index (Phi) is 6.05. The second kappa shape index (κ2) is 8.75. The number of hydrogen-bond acceptors (Lipinski definition) is 4. The first-order valence-corrected chi connectivity index (χ1v) is 11.2. The van der Waals surface area contributed by atoms with E-state index in [4.69, 9.17) is 9.73 Å². The molecule has 5 heteroatoms. The molecular weight excluding hydrogens is 452 g/mol. The van der Waals surface area contributed by atoms with Gasteiger partial charge in [-0.05, 0) is 78.5 Å². The summed E-state index contributed by atoms with van der Waals surface area (Å²) in [6.45, 7) is 5.61. The molecule has 1 aliphatic heterocycles. The van der Waals surface area contributed by atoms with Crippen LogP contribution in [0.5, 0.6) is 0 Å². The highest BCUT2D eigenvalue weighted by Crippen LogP contribution is 2.34. The minimum absolute atomic E-state index is 0.0628. The van der Waals surface area contributed by atoms with E-state index >= 15 is 0 Å². The highest BCUT2D eigenvalue weighted by atomic mass is 79.9. The highest BCUT2D eigenvalue weighted by molar-refractivity contribution is 9.10. The number of fused-ring (bicyclic) bond motifs is 1. The Morgan fingerprint density at radius 3 is 2.55 bits per heavy atom. The number of pyridine rings is 1. The Bertz CT molecular complexity index is 1120. The van der Waals surface area contributed by atoms with Crippen LogP contribution in [0, 0.1) is 0 Å². The lowest BCUT2D eigenvalue weighted by Crippen LogP contribution is -2.23. The summed E-state index contributed by atoms with van der Waals surface area (Å²) in [5.41, 5.74) is 5.26. The molecule has 2 heterocycles. The zero-order chi connectivity index (χ0) is 22.0. The third-order valence-electron chi connectivity index (χ3n) is 5.15. The molecule has 0 saturated carbocycles. The lowest BCUT2D eigenvalue weighted by molar-refractivity contribution is 0.00695. The van der Waals surface area contributed by atoms with Gasteiger partial charge in [0.05, 0.1) is 11.3 Å². The van der Waals surface area contributed by atoms with E-state index in [2.05, 4.69) is 51.2 Å². The molecule has 0 spiro atoms. The molecule has 1 unspecified atom stereocenters. The SMILES string of the molecule is CC(C)(C)OC(=O)c1ccc2c(c1)N=C(C(Cc1ccccc1)c1ccc(Br)cn1)C2. The molecule has 1 aliphatic rings. The first-order chi connectivity index (χ1) is 14.8. The van der Waals surface area contributed by atoms with Gasteiger partial charge in [-0.2, -0.15) is 0 Å².